The van der Waals surface area contributed by atoms with Gasteiger partial charge in [-0.3, -0.25) is 9.52 Å². The average molecular weight is 556 g/mol. The summed E-state index contributed by atoms with van der Waals surface area (Å²) in [5.74, 6) is -0.572. The van der Waals surface area contributed by atoms with Gasteiger partial charge in [-0.25, -0.2) is 18.5 Å². The number of anilines is 1. The molecule has 0 aliphatic heterocycles. The zero-order chi connectivity index (χ0) is 27.2. The van der Waals surface area contributed by atoms with E-state index in [9.17, 15) is 13.2 Å². The number of amides is 1. The molecule has 0 unspecified atom stereocenters. The van der Waals surface area contributed by atoms with E-state index in [-0.39, 0.29) is 21.2 Å². The van der Waals surface area contributed by atoms with Gasteiger partial charge >= 0.3 is 0 Å². The van der Waals surface area contributed by atoms with Crippen LogP contribution in [-0.2, 0) is 10.0 Å². The summed E-state index contributed by atoms with van der Waals surface area (Å²) >= 11 is 6.08. The number of sulfonamides is 1. The van der Waals surface area contributed by atoms with Gasteiger partial charge in [-0.15, -0.1) is 0 Å². The number of hydrogen-bond acceptors (Lipinski definition) is 5. The fraction of sp³-hybridized carbons (Fsp3) is 0. The second-order valence-corrected chi connectivity index (χ2v) is 10.5. The lowest BCUT2D eigenvalue weighted by molar-refractivity contribution is 0.0955. The normalized spacial score (nSPS) is 11.4. The van der Waals surface area contributed by atoms with Gasteiger partial charge in [0, 0.05) is 22.9 Å². The molecule has 1 aromatic heterocycles. The average Bonchev–Trinajstić information content (AvgIpc) is 3.39. The monoisotopic (exact) mass is 555 g/mol. The Kier molecular flexibility index (Phi) is 7.53. The molecule has 4 aromatic carbocycles. The van der Waals surface area contributed by atoms with Crippen LogP contribution in [0.1, 0.15) is 15.9 Å². The third kappa shape index (κ3) is 6.06. The SMILES string of the molecule is O=C(N/N=C/c1cn(-c2ccccc2)nc1-c1ccccc1)c1cccc(S(=O)(=O)Nc2ccccc2Cl)c1. The Hall–Kier alpha value is -4.73. The van der Waals surface area contributed by atoms with E-state index >= 15 is 0 Å². The number of para-hydroxylation sites is 2. The maximum Gasteiger partial charge on any atom is 0.271 e. The fourth-order valence-electron chi connectivity index (χ4n) is 3.79. The van der Waals surface area contributed by atoms with Crippen molar-refractivity contribution in [2.24, 2.45) is 5.10 Å². The van der Waals surface area contributed by atoms with Crippen molar-refractivity contribution in [2.75, 3.05) is 4.72 Å². The largest absolute Gasteiger partial charge is 0.278 e. The van der Waals surface area contributed by atoms with Crippen LogP contribution in [0.3, 0.4) is 0 Å². The summed E-state index contributed by atoms with van der Waals surface area (Å²) in [6, 6.07) is 31.4. The van der Waals surface area contributed by atoms with Crippen LogP contribution in [0.2, 0.25) is 5.02 Å². The van der Waals surface area contributed by atoms with Crippen molar-refractivity contribution in [1.29, 1.82) is 0 Å². The van der Waals surface area contributed by atoms with Crippen LogP contribution in [0, 0.1) is 0 Å². The van der Waals surface area contributed by atoms with Gasteiger partial charge in [0.2, 0.25) is 0 Å². The molecule has 5 rings (SSSR count). The first kappa shape index (κ1) is 25.9. The van der Waals surface area contributed by atoms with Crippen LogP contribution in [-0.4, -0.2) is 30.3 Å². The third-order valence-corrected chi connectivity index (χ3v) is 7.40. The van der Waals surface area contributed by atoms with Gasteiger partial charge in [0.1, 0.15) is 5.69 Å². The number of hydrazone groups is 1. The summed E-state index contributed by atoms with van der Waals surface area (Å²) in [5.41, 5.74) is 5.98. The summed E-state index contributed by atoms with van der Waals surface area (Å²) in [6.07, 6.45) is 3.33. The predicted octanol–water partition coefficient (Wildman–Crippen LogP) is 5.76. The summed E-state index contributed by atoms with van der Waals surface area (Å²) in [4.78, 5) is 12.7. The fourth-order valence-corrected chi connectivity index (χ4v) is 5.16. The molecule has 0 radical (unpaired) electrons. The third-order valence-electron chi connectivity index (χ3n) is 5.70. The van der Waals surface area contributed by atoms with Crippen molar-refractivity contribution in [2.45, 2.75) is 4.90 Å². The highest BCUT2D eigenvalue weighted by molar-refractivity contribution is 7.92. The number of carbonyl (C=O) groups is 1. The molecule has 0 fully saturated rings. The van der Waals surface area contributed by atoms with Crippen molar-refractivity contribution in [1.82, 2.24) is 15.2 Å². The molecule has 5 aromatic rings. The van der Waals surface area contributed by atoms with Gasteiger partial charge in [-0.1, -0.05) is 78.3 Å². The van der Waals surface area contributed by atoms with Gasteiger partial charge in [0.05, 0.1) is 27.5 Å². The van der Waals surface area contributed by atoms with E-state index in [1.54, 1.807) is 28.9 Å². The molecule has 0 bridgehead atoms. The molecule has 0 atom stereocenters. The van der Waals surface area contributed by atoms with Crippen LogP contribution in [0.5, 0.6) is 0 Å². The Balaban J connectivity index is 1.36. The van der Waals surface area contributed by atoms with Gasteiger partial charge in [-0.2, -0.15) is 10.2 Å². The van der Waals surface area contributed by atoms with Crippen LogP contribution >= 0.6 is 11.6 Å². The maximum atomic E-state index is 12.9. The second-order valence-electron chi connectivity index (χ2n) is 8.39. The van der Waals surface area contributed by atoms with Crippen molar-refractivity contribution in [3.8, 4) is 16.9 Å². The Morgan fingerprint density at radius 1 is 0.872 bits per heavy atom. The van der Waals surface area contributed by atoms with Gasteiger partial charge in [-0.05, 0) is 42.5 Å². The van der Waals surface area contributed by atoms with Crippen LogP contribution < -0.4 is 10.1 Å². The van der Waals surface area contributed by atoms with Gasteiger partial charge in [0.25, 0.3) is 15.9 Å². The van der Waals surface area contributed by atoms with E-state index in [0.717, 1.165) is 11.3 Å². The van der Waals surface area contributed by atoms with E-state index in [1.165, 1.54) is 30.5 Å². The standard InChI is InChI=1S/C29H22ClN5O3S/c30-26-16-7-8-17-27(26)34-39(37,38)25-15-9-12-22(18-25)29(36)32-31-19-23-20-35(24-13-5-2-6-14-24)33-28(23)21-10-3-1-4-11-21/h1-20,34H,(H,32,36)/b31-19+. The van der Waals surface area contributed by atoms with E-state index in [1.807, 2.05) is 66.9 Å². The van der Waals surface area contributed by atoms with Crippen LogP contribution in [0.4, 0.5) is 5.69 Å². The molecule has 1 heterocycles. The molecule has 0 saturated heterocycles. The minimum Gasteiger partial charge on any atom is -0.278 e. The first-order valence-electron chi connectivity index (χ1n) is 11.8. The Bertz CT molecular complexity index is 1750. The minimum absolute atomic E-state index is 0.0884. The van der Waals surface area contributed by atoms with Gasteiger partial charge < -0.3 is 0 Å². The zero-order valence-electron chi connectivity index (χ0n) is 20.4. The van der Waals surface area contributed by atoms with E-state index < -0.39 is 15.9 Å². The van der Waals surface area contributed by atoms with E-state index in [2.05, 4.69) is 15.2 Å². The second kappa shape index (κ2) is 11.3. The first-order chi connectivity index (χ1) is 18.9. The molecule has 194 valence electrons. The van der Waals surface area contributed by atoms with E-state index in [4.69, 9.17) is 16.7 Å². The lowest BCUT2D eigenvalue weighted by atomic mass is 10.1. The molecule has 2 N–H and O–H groups in total. The van der Waals surface area contributed by atoms with Crippen molar-refractivity contribution < 1.29 is 13.2 Å². The smallest absolute Gasteiger partial charge is 0.271 e. The lowest BCUT2D eigenvalue weighted by Crippen LogP contribution is -2.19. The number of aromatic nitrogens is 2. The summed E-state index contributed by atoms with van der Waals surface area (Å²) in [7, 11) is -3.98. The number of hydrogen-bond donors (Lipinski definition) is 2. The Labute approximate surface area is 230 Å². The maximum absolute atomic E-state index is 12.9. The van der Waals surface area contributed by atoms with Gasteiger partial charge in [0.15, 0.2) is 0 Å². The molecular formula is C29H22ClN5O3S. The highest BCUT2D eigenvalue weighted by Crippen LogP contribution is 2.25. The highest BCUT2D eigenvalue weighted by Gasteiger charge is 2.18. The molecule has 0 aliphatic carbocycles. The predicted molar refractivity (Wildman–Crippen MR) is 153 cm³/mol. The number of benzene rings is 4. The molecule has 0 aliphatic rings. The number of carbonyl (C=O) groups excluding carboxylic acids is 1. The van der Waals surface area contributed by atoms with Crippen molar-refractivity contribution >= 4 is 39.4 Å². The first-order valence-corrected chi connectivity index (χ1v) is 13.7. The summed E-state index contributed by atoms with van der Waals surface area (Å²) in [5, 5.41) is 9.10. The van der Waals surface area contributed by atoms with Crippen molar-refractivity contribution in [3.63, 3.8) is 0 Å². The molecule has 0 saturated carbocycles. The minimum atomic E-state index is -3.98. The molecule has 39 heavy (non-hydrogen) atoms. The van der Waals surface area contributed by atoms with Crippen molar-refractivity contribution in [3.05, 3.63) is 132 Å². The summed E-state index contributed by atoms with van der Waals surface area (Å²) < 4.78 is 29.9. The molecule has 1 amide bonds. The highest BCUT2D eigenvalue weighted by atomic mass is 35.5. The molecule has 8 nitrogen and oxygen atoms in total. The topological polar surface area (TPSA) is 105 Å². The van der Waals surface area contributed by atoms with E-state index in [0.29, 0.717) is 11.3 Å². The zero-order valence-corrected chi connectivity index (χ0v) is 22.0. The Morgan fingerprint density at radius 2 is 1.56 bits per heavy atom. The Morgan fingerprint density at radius 3 is 2.31 bits per heavy atom. The number of nitrogens with one attached hydrogen (secondary N) is 2. The summed E-state index contributed by atoms with van der Waals surface area (Å²) in [6.45, 7) is 0. The number of rotatable bonds is 8. The quantitative estimate of drug-likeness (QED) is 0.188. The molecule has 10 heteroatoms. The molecular weight excluding hydrogens is 534 g/mol. The lowest BCUT2D eigenvalue weighted by Gasteiger charge is -2.10. The number of halogens is 1. The van der Waals surface area contributed by atoms with Crippen LogP contribution in [0.15, 0.2) is 125 Å². The van der Waals surface area contributed by atoms with Crippen LogP contribution in [0.25, 0.3) is 16.9 Å². The molecule has 0 spiro atoms. The number of nitrogens with zero attached hydrogens (tertiary/aromatic N) is 3.